The van der Waals surface area contributed by atoms with Crippen molar-refractivity contribution in [3.8, 4) is 5.75 Å². The average molecular weight is 395 g/mol. The molecule has 0 aromatic heterocycles. The van der Waals surface area contributed by atoms with E-state index in [-0.39, 0.29) is 17.9 Å². The molecule has 0 amide bonds. The van der Waals surface area contributed by atoms with Crippen LogP contribution in [0.25, 0.3) is 0 Å². The first-order chi connectivity index (χ1) is 11.0. The highest BCUT2D eigenvalue weighted by Gasteiger charge is 2.33. The van der Waals surface area contributed by atoms with Gasteiger partial charge in [0.1, 0.15) is 5.75 Å². The molecule has 23 heavy (non-hydrogen) atoms. The number of hydrogen-bond acceptors (Lipinski definition) is 3. The van der Waals surface area contributed by atoms with Crippen LogP contribution in [0.5, 0.6) is 5.75 Å². The lowest BCUT2D eigenvalue weighted by molar-refractivity contribution is -0.116. The number of rotatable bonds is 3. The molecule has 1 aliphatic heterocycles. The van der Waals surface area contributed by atoms with Gasteiger partial charge in [-0.15, -0.1) is 0 Å². The summed E-state index contributed by atoms with van der Waals surface area (Å²) in [5, 5.41) is 6.94. The Morgan fingerprint density at radius 1 is 1.35 bits per heavy atom. The highest BCUT2D eigenvalue weighted by molar-refractivity contribution is 9.10. The number of ether oxygens (including phenoxy) is 1. The van der Waals surface area contributed by atoms with Crippen LogP contribution >= 0.6 is 28.1 Å². The number of ketones is 1. The quantitative estimate of drug-likeness (QED) is 0.764. The van der Waals surface area contributed by atoms with Crippen LogP contribution in [0.2, 0.25) is 0 Å². The Morgan fingerprint density at radius 2 is 2.13 bits per heavy atom. The predicted molar refractivity (Wildman–Crippen MR) is 97.4 cm³/mol. The fraction of sp³-hybridized carbons (Fsp3) is 0.412. The molecule has 3 rings (SSSR count). The molecule has 1 atom stereocenters. The monoisotopic (exact) mass is 394 g/mol. The standard InChI is InChI=1S/C17H19BrN2O2S/c1-9(2)22-14-7-6-10(8-11(14)18)16-15-12(19-17(23)20-16)4-3-5-13(15)21/h6-9,16H,3-5H2,1-2H3,(H2,19,20,23). The molecule has 2 N–H and O–H groups in total. The molecule has 1 aromatic carbocycles. The Labute approximate surface area is 149 Å². The van der Waals surface area contributed by atoms with Gasteiger partial charge < -0.3 is 15.4 Å². The summed E-state index contributed by atoms with van der Waals surface area (Å²) < 4.78 is 6.63. The Balaban J connectivity index is 1.98. The van der Waals surface area contributed by atoms with E-state index in [0.29, 0.717) is 11.5 Å². The zero-order valence-corrected chi connectivity index (χ0v) is 15.5. The highest BCUT2D eigenvalue weighted by Crippen LogP contribution is 2.36. The first-order valence-electron chi connectivity index (χ1n) is 7.75. The van der Waals surface area contributed by atoms with Gasteiger partial charge in [0.25, 0.3) is 0 Å². The van der Waals surface area contributed by atoms with E-state index in [2.05, 4.69) is 26.6 Å². The molecule has 2 aliphatic rings. The van der Waals surface area contributed by atoms with Crippen LogP contribution in [0.15, 0.2) is 33.9 Å². The van der Waals surface area contributed by atoms with Crippen LogP contribution in [0, 0.1) is 0 Å². The number of allylic oxidation sites excluding steroid dienone is 1. The van der Waals surface area contributed by atoms with Crippen molar-refractivity contribution in [1.82, 2.24) is 10.6 Å². The van der Waals surface area contributed by atoms with Crippen molar-refractivity contribution in [1.29, 1.82) is 0 Å². The molecule has 1 aliphatic carbocycles. The molecule has 1 heterocycles. The third-order valence-electron chi connectivity index (χ3n) is 3.94. The van der Waals surface area contributed by atoms with Gasteiger partial charge in [0.05, 0.1) is 16.6 Å². The van der Waals surface area contributed by atoms with Crippen molar-refractivity contribution in [3.63, 3.8) is 0 Å². The van der Waals surface area contributed by atoms with Crippen LogP contribution in [-0.4, -0.2) is 17.0 Å². The van der Waals surface area contributed by atoms with Crippen molar-refractivity contribution >= 4 is 39.0 Å². The fourth-order valence-electron chi connectivity index (χ4n) is 3.00. The summed E-state index contributed by atoms with van der Waals surface area (Å²) in [6.07, 6.45) is 2.46. The third kappa shape index (κ3) is 3.43. The molecular weight excluding hydrogens is 376 g/mol. The number of hydrogen-bond donors (Lipinski definition) is 2. The van der Waals surface area contributed by atoms with Crippen molar-refractivity contribution < 1.29 is 9.53 Å². The van der Waals surface area contributed by atoms with E-state index in [9.17, 15) is 4.79 Å². The van der Waals surface area contributed by atoms with Gasteiger partial charge in [0, 0.05) is 17.7 Å². The lowest BCUT2D eigenvalue weighted by atomic mass is 9.85. The Bertz CT molecular complexity index is 700. The molecule has 0 spiro atoms. The summed E-state index contributed by atoms with van der Waals surface area (Å²) in [6, 6.07) is 5.71. The zero-order valence-electron chi connectivity index (χ0n) is 13.1. The van der Waals surface area contributed by atoms with E-state index in [0.717, 1.165) is 39.9 Å². The van der Waals surface area contributed by atoms with Crippen molar-refractivity contribution in [2.45, 2.75) is 45.3 Å². The molecule has 1 unspecified atom stereocenters. The van der Waals surface area contributed by atoms with Gasteiger partial charge in [-0.2, -0.15) is 0 Å². The number of carbonyl (C=O) groups excluding carboxylic acids is 1. The lowest BCUT2D eigenvalue weighted by Crippen LogP contribution is -2.46. The first kappa shape index (κ1) is 16.5. The largest absolute Gasteiger partial charge is 0.490 e. The van der Waals surface area contributed by atoms with Gasteiger partial charge >= 0.3 is 0 Å². The average Bonchev–Trinajstić information content (AvgIpc) is 2.48. The number of nitrogens with one attached hydrogen (secondary N) is 2. The SMILES string of the molecule is CC(C)Oc1ccc(C2NC(=S)NC3=C2C(=O)CCC3)cc1Br. The molecule has 0 bridgehead atoms. The lowest BCUT2D eigenvalue weighted by Gasteiger charge is -2.34. The second kappa shape index (κ2) is 6.61. The molecule has 0 fully saturated rings. The maximum Gasteiger partial charge on any atom is 0.171 e. The third-order valence-corrected chi connectivity index (χ3v) is 4.78. The van der Waals surface area contributed by atoms with E-state index in [1.807, 2.05) is 32.0 Å². The first-order valence-corrected chi connectivity index (χ1v) is 8.95. The van der Waals surface area contributed by atoms with E-state index < -0.39 is 0 Å². The predicted octanol–water partition coefficient (Wildman–Crippen LogP) is 3.76. The summed E-state index contributed by atoms with van der Waals surface area (Å²) in [5.74, 6) is 0.988. The number of halogens is 1. The van der Waals surface area contributed by atoms with Gasteiger partial charge in [0.2, 0.25) is 0 Å². The smallest absolute Gasteiger partial charge is 0.171 e. The van der Waals surface area contributed by atoms with Gasteiger partial charge in [-0.1, -0.05) is 6.07 Å². The maximum atomic E-state index is 12.4. The minimum atomic E-state index is -0.198. The van der Waals surface area contributed by atoms with Crippen LogP contribution in [0.1, 0.15) is 44.7 Å². The zero-order chi connectivity index (χ0) is 16.6. The van der Waals surface area contributed by atoms with Crippen molar-refractivity contribution in [3.05, 3.63) is 39.5 Å². The van der Waals surface area contributed by atoms with E-state index >= 15 is 0 Å². The summed E-state index contributed by atoms with van der Waals surface area (Å²) in [7, 11) is 0. The number of carbonyl (C=O) groups is 1. The van der Waals surface area contributed by atoms with E-state index in [4.69, 9.17) is 17.0 Å². The molecule has 6 heteroatoms. The summed E-state index contributed by atoms with van der Waals surface area (Å²) >= 11 is 8.86. The van der Waals surface area contributed by atoms with E-state index in [1.54, 1.807) is 0 Å². The molecule has 122 valence electrons. The Kier molecular flexibility index (Phi) is 4.73. The fourth-order valence-corrected chi connectivity index (χ4v) is 3.73. The second-order valence-electron chi connectivity index (χ2n) is 6.06. The summed E-state index contributed by atoms with van der Waals surface area (Å²) in [5.41, 5.74) is 2.78. The van der Waals surface area contributed by atoms with Crippen molar-refractivity contribution in [2.24, 2.45) is 0 Å². The molecular formula is C17H19BrN2O2S. The van der Waals surface area contributed by atoms with Gasteiger partial charge in [-0.25, -0.2) is 0 Å². The van der Waals surface area contributed by atoms with Crippen LogP contribution < -0.4 is 15.4 Å². The number of benzene rings is 1. The molecule has 1 aromatic rings. The van der Waals surface area contributed by atoms with Crippen molar-refractivity contribution in [2.75, 3.05) is 0 Å². The second-order valence-corrected chi connectivity index (χ2v) is 7.32. The molecule has 0 saturated carbocycles. The minimum Gasteiger partial charge on any atom is -0.490 e. The van der Waals surface area contributed by atoms with Gasteiger partial charge in [-0.05, 0) is 72.5 Å². The van der Waals surface area contributed by atoms with Gasteiger partial charge in [0.15, 0.2) is 10.9 Å². The van der Waals surface area contributed by atoms with E-state index in [1.165, 1.54) is 0 Å². The topological polar surface area (TPSA) is 50.4 Å². The number of Topliss-reactive ketones (excluding diaryl/α,β-unsaturated/α-hetero) is 1. The highest BCUT2D eigenvalue weighted by atomic mass is 79.9. The summed E-state index contributed by atoms with van der Waals surface area (Å²) in [4.78, 5) is 12.4. The van der Waals surface area contributed by atoms with Crippen LogP contribution in [-0.2, 0) is 4.79 Å². The van der Waals surface area contributed by atoms with Crippen LogP contribution in [0.3, 0.4) is 0 Å². The van der Waals surface area contributed by atoms with Gasteiger partial charge in [-0.3, -0.25) is 4.79 Å². The Hall–Kier alpha value is -1.40. The number of thiocarbonyl (C=S) groups is 1. The minimum absolute atomic E-state index is 0.107. The molecule has 4 nitrogen and oxygen atoms in total. The normalized spacial score (nSPS) is 21.0. The Morgan fingerprint density at radius 3 is 2.83 bits per heavy atom. The summed E-state index contributed by atoms with van der Waals surface area (Å²) in [6.45, 7) is 3.98. The van der Waals surface area contributed by atoms with Crippen LogP contribution in [0.4, 0.5) is 0 Å². The molecule has 0 radical (unpaired) electrons. The molecule has 0 saturated heterocycles. The maximum absolute atomic E-state index is 12.4.